The zero-order valence-electron chi connectivity index (χ0n) is 15.0. The summed E-state index contributed by atoms with van der Waals surface area (Å²) in [4.78, 5) is 9.00. The molecule has 24 heavy (non-hydrogen) atoms. The molecular weight excluding hydrogens is 318 g/mol. The molecule has 0 radical (unpaired) electrons. The van der Waals surface area contributed by atoms with Crippen molar-refractivity contribution >= 4 is 22.5 Å². The van der Waals surface area contributed by atoms with E-state index in [1.165, 1.54) is 11.3 Å². The zero-order chi connectivity index (χ0) is 17.4. The van der Waals surface area contributed by atoms with E-state index in [4.69, 9.17) is 11.6 Å². The van der Waals surface area contributed by atoms with E-state index in [1.54, 1.807) is 0 Å². The average Bonchev–Trinajstić information content (AvgIpc) is 2.88. The number of imidazole rings is 1. The van der Waals surface area contributed by atoms with Gasteiger partial charge in [0.2, 0.25) is 0 Å². The van der Waals surface area contributed by atoms with E-state index in [0.717, 1.165) is 33.7 Å². The summed E-state index contributed by atoms with van der Waals surface area (Å²) in [5.41, 5.74) is 4.51. The van der Waals surface area contributed by atoms with Crippen molar-refractivity contribution in [2.75, 3.05) is 0 Å². The number of pyridine rings is 1. The Kier molecular flexibility index (Phi) is 4.64. The highest BCUT2D eigenvalue weighted by atomic mass is 35.5. The summed E-state index contributed by atoms with van der Waals surface area (Å²) >= 11 is 6.69. The van der Waals surface area contributed by atoms with Gasteiger partial charge in [0, 0.05) is 36.4 Å². The van der Waals surface area contributed by atoms with Gasteiger partial charge in [-0.3, -0.25) is 4.98 Å². The predicted octanol–water partition coefficient (Wildman–Crippen LogP) is 5.28. The van der Waals surface area contributed by atoms with E-state index < -0.39 is 0 Å². The van der Waals surface area contributed by atoms with Crippen LogP contribution in [0.3, 0.4) is 0 Å². The molecule has 0 aliphatic carbocycles. The van der Waals surface area contributed by atoms with Crippen LogP contribution < -0.4 is 0 Å². The van der Waals surface area contributed by atoms with E-state index in [2.05, 4.69) is 60.6 Å². The lowest BCUT2D eigenvalue weighted by Crippen LogP contribution is -2.04. The van der Waals surface area contributed by atoms with Crippen LogP contribution in [0, 0.1) is 12.8 Å². The third-order valence-electron chi connectivity index (χ3n) is 4.73. The number of hydrogen-bond acceptors (Lipinski definition) is 2. The molecule has 0 aliphatic rings. The second kappa shape index (κ2) is 6.56. The summed E-state index contributed by atoms with van der Waals surface area (Å²) < 4.78 is 2.14. The Morgan fingerprint density at radius 2 is 1.88 bits per heavy atom. The Morgan fingerprint density at radius 3 is 2.50 bits per heavy atom. The van der Waals surface area contributed by atoms with Gasteiger partial charge in [-0.25, -0.2) is 4.98 Å². The van der Waals surface area contributed by atoms with Crippen molar-refractivity contribution in [3.05, 3.63) is 58.3 Å². The van der Waals surface area contributed by atoms with E-state index in [1.807, 2.05) is 19.3 Å². The minimum absolute atomic E-state index is 0.255. The van der Waals surface area contributed by atoms with Crippen molar-refractivity contribution in [1.29, 1.82) is 0 Å². The van der Waals surface area contributed by atoms with Crippen molar-refractivity contribution in [3.63, 3.8) is 0 Å². The van der Waals surface area contributed by atoms with Crippen LogP contribution in [0.15, 0.2) is 30.6 Å². The maximum absolute atomic E-state index is 6.69. The first-order valence-corrected chi connectivity index (χ1v) is 8.81. The molecule has 0 saturated heterocycles. The smallest absolute Gasteiger partial charge is 0.105 e. The van der Waals surface area contributed by atoms with Gasteiger partial charge in [0.05, 0.1) is 10.5 Å². The SMILES string of the molecule is Cc1ncc(C(C)c2ccc3ncc(CC(C)C)c(Cl)c3c2)n1C. The maximum Gasteiger partial charge on any atom is 0.105 e. The van der Waals surface area contributed by atoms with Gasteiger partial charge in [0.25, 0.3) is 0 Å². The molecule has 2 aromatic heterocycles. The molecule has 0 bridgehead atoms. The summed E-state index contributed by atoms with van der Waals surface area (Å²) in [6.07, 6.45) is 4.82. The monoisotopic (exact) mass is 341 g/mol. The second-order valence-electron chi connectivity index (χ2n) is 6.98. The third-order valence-corrected chi connectivity index (χ3v) is 5.17. The van der Waals surface area contributed by atoms with Gasteiger partial charge in [0.1, 0.15) is 5.82 Å². The lowest BCUT2D eigenvalue weighted by molar-refractivity contribution is 0.646. The Bertz CT molecular complexity index is 880. The van der Waals surface area contributed by atoms with Crippen molar-refractivity contribution in [2.45, 2.75) is 40.0 Å². The first kappa shape index (κ1) is 17.0. The number of rotatable bonds is 4. The molecule has 3 rings (SSSR count). The van der Waals surface area contributed by atoms with Gasteiger partial charge in [-0.1, -0.05) is 38.4 Å². The summed E-state index contributed by atoms with van der Waals surface area (Å²) in [6, 6.07) is 6.39. The Morgan fingerprint density at radius 1 is 1.12 bits per heavy atom. The standard InChI is InChI=1S/C20H24ClN3/c1-12(2)8-16-10-23-18-7-6-15(9-17(18)20(16)21)13(3)19-11-22-14(4)24(19)5/h6-7,9-13H,8H2,1-5H3. The Labute approximate surface area is 148 Å². The van der Waals surface area contributed by atoms with Gasteiger partial charge in [-0.2, -0.15) is 0 Å². The first-order chi connectivity index (χ1) is 11.4. The lowest BCUT2D eigenvalue weighted by Gasteiger charge is -2.15. The quantitative estimate of drug-likeness (QED) is 0.646. The number of aromatic nitrogens is 3. The fourth-order valence-corrected chi connectivity index (χ4v) is 3.44. The predicted molar refractivity (Wildman–Crippen MR) is 101 cm³/mol. The molecule has 1 unspecified atom stereocenters. The fourth-order valence-electron chi connectivity index (χ4n) is 3.16. The molecule has 3 nitrogen and oxygen atoms in total. The molecule has 0 spiro atoms. The molecular formula is C20H24ClN3. The third kappa shape index (κ3) is 3.05. The highest BCUT2D eigenvalue weighted by Crippen LogP contribution is 2.32. The zero-order valence-corrected chi connectivity index (χ0v) is 15.7. The molecule has 126 valence electrons. The summed E-state index contributed by atoms with van der Waals surface area (Å²) in [6.45, 7) is 8.63. The molecule has 0 N–H and O–H groups in total. The molecule has 0 fully saturated rings. The molecule has 3 aromatic rings. The second-order valence-corrected chi connectivity index (χ2v) is 7.36. The Hall–Kier alpha value is -1.87. The van der Waals surface area contributed by atoms with Crippen LogP contribution in [0.2, 0.25) is 5.02 Å². The number of benzene rings is 1. The number of nitrogens with zero attached hydrogens (tertiary/aromatic N) is 3. The van der Waals surface area contributed by atoms with Gasteiger partial charge in [0.15, 0.2) is 0 Å². The van der Waals surface area contributed by atoms with E-state index >= 15 is 0 Å². The van der Waals surface area contributed by atoms with E-state index in [0.29, 0.717) is 5.92 Å². The maximum atomic E-state index is 6.69. The van der Waals surface area contributed by atoms with Gasteiger partial charge in [-0.15, -0.1) is 0 Å². The van der Waals surface area contributed by atoms with Crippen LogP contribution in [0.4, 0.5) is 0 Å². The summed E-state index contributed by atoms with van der Waals surface area (Å²) in [5, 5.41) is 1.88. The van der Waals surface area contributed by atoms with Crippen molar-refractivity contribution < 1.29 is 0 Å². The molecule has 1 atom stereocenters. The number of hydrogen-bond donors (Lipinski definition) is 0. The first-order valence-electron chi connectivity index (χ1n) is 8.43. The van der Waals surface area contributed by atoms with Crippen LogP contribution in [-0.4, -0.2) is 14.5 Å². The van der Waals surface area contributed by atoms with Crippen molar-refractivity contribution in [2.24, 2.45) is 13.0 Å². The number of aryl methyl sites for hydroxylation is 1. The topological polar surface area (TPSA) is 30.7 Å². The largest absolute Gasteiger partial charge is 0.335 e. The molecule has 0 amide bonds. The molecule has 0 saturated carbocycles. The number of fused-ring (bicyclic) bond motifs is 1. The fraction of sp³-hybridized carbons (Fsp3) is 0.400. The molecule has 1 aromatic carbocycles. The van der Waals surface area contributed by atoms with Crippen molar-refractivity contribution in [3.8, 4) is 0 Å². The molecule has 2 heterocycles. The van der Waals surface area contributed by atoms with E-state index in [-0.39, 0.29) is 5.92 Å². The van der Waals surface area contributed by atoms with Crippen LogP contribution in [0.5, 0.6) is 0 Å². The lowest BCUT2D eigenvalue weighted by atomic mass is 9.95. The normalized spacial score (nSPS) is 13.0. The molecule has 4 heteroatoms. The minimum Gasteiger partial charge on any atom is -0.335 e. The van der Waals surface area contributed by atoms with Crippen LogP contribution >= 0.6 is 11.6 Å². The van der Waals surface area contributed by atoms with Crippen LogP contribution in [-0.2, 0) is 13.5 Å². The highest BCUT2D eigenvalue weighted by molar-refractivity contribution is 6.36. The van der Waals surface area contributed by atoms with Gasteiger partial charge in [-0.05, 0) is 42.5 Å². The molecule has 0 aliphatic heterocycles. The highest BCUT2D eigenvalue weighted by Gasteiger charge is 2.16. The van der Waals surface area contributed by atoms with Crippen molar-refractivity contribution in [1.82, 2.24) is 14.5 Å². The number of halogens is 1. The van der Waals surface area contributed by atoms with Gasteiger partial charge < -0.3 is 4.57 Å². The Balaban J connectivity index is 2.06. The van der Waals surface area contributed by atoms with Crippen LogP contribution in [0.25, 0.3) is 10.9 Å². The average molecular weight is 342 g/mol. The minimum atomic E-state index is 0.255. The van der Waals surface area contributed by atoms with Crippen LogP contribution in [0.1, 0.15) is 49.3 Å². The summed E-state index contributed by atoms with van der Waals surface area (Å²) in [7, 11) is 2.06. The summed E-state index contributed by atoms with van der Waals surface area (Å²) in [5.74, 6) is 1.84. The van der Waals surface area contributed by atoms with E-state index in [9.17, 15) is 0 Å². The van der Waals surface area contributed by atoms with Gasteiger partial charge >= 0.3 is 0 Å².